The Morgan fingerprint density at radius 3 is 2.36 bits per heavy atom. The van der Waals surface area contributed by atoms with E-state index in [0.717, 1.165) is 0 Å². The van der Waals surface area contributed by atoms with Gasteiger partial charge in [-0.25, -0.2) is 0 Å². The van der Waals surface area contributed by atoms with Gasteiger partial charge in [0.05, 0.1) is 11.1 Å². The van der Waals surface area contributed by atoms with Gasteiger partial charge in [0.25, 0.3) is 0 Å². The Morgan fingerprint density at radius 2 is 1.91 bits per heavy atom. The van der Waals surface area contributed by atoms with Crippen molar-refractivity contribution in [1.29, 1.82) is 10.5 Å². The smallest absolute Gasteiger partial charge is 0.102 e. The number of hydrogen-bond acceptors (Lipinski definition) is 2. The van der Waals surface area contributed by atoms with Gasteiger partial charge in [0.2, 0.25) is 0 Å². The zero-order valence-corrected chi connectivity index (χ0v) is 7.09. The predicted molar refractivity (Wildman–Crippen MR) is 43.6 cm³/mol. The van der Waals surface area contributed by atoms with Gasteiger partial charge in [-0.15, -0.1) is 0 Å². The van der Waals surface area contributed by atoms with Crippen molar-refractivity contribution in [3.8, 4) is 12.1 Å². The Balaban J connectivity index is 3.42. The Labute approximate surface area is 72.8 Å². The number of hydrogen-bond donors (Lipinski definition) is 0. The van der Waals surface area contributed by atoms with Crippen LogP contribution in [0.1, 0.15) is 11.1 Å². The molecule has 0 fully saturated rings. The summed E-state index contributed by atoms with van der Waals surface area (Å²) in [6.07, 6.45) is 0. The fourth-order valence-corrected chi connectivity index (χ4v) is 1.19. The van der Waals surface area contributed by atoms with E-state index in [1.807, 2.05) is 12.1 Å². The van der Waals surface area contributed by atoms with Gasteiger partial charge in [0.1, 0.15) is 12.1 Å². The summed E-state index contributed by atoms with van der Waals surface area (Å²) in [5, 5.41) is 17.2. The van der Waals surface area contributed by atoms with Gasteiger partial charge < -0.3 is 0 Å². The van der Waals surface area contributed by atoms with E-state index >= 15 is 0 Å². The molecular weight excluding hydrogens is 204 g/mol. The monoisotopic (exact) mass is 206 g/mol. The third-order valence-corrected chi connectivity index (χ3v) is 1.91. The van der Waals surface area contributed by atoms with Gasteiger partial charge in [0, 0.05) is 4.47 Å². The zero-order chi connectivity index (χ0) is 8.27. The minimum Gasteiger partial charge on any atom is -0.192 e. The largest absolute Gasteiger partial charge is 0.192 e. The molecule has 1 aromatic rings. The molecule has 0 heterocycles. The van der Waals surface area contributed by atoms with E-state index < -0.39 is 0 Å². The minimum absolute atomic E-state index is 0.398. The molecule has 0 bridgehead atoms. The lowest BCUT2D eigenvalue weighted by atomic mass is 10.1. The van der Waals surface area contributed by atoms with E-state index in [4.69, 9.17) is 10.5 Å². The topological polar surface area (TPSA) is 47.6 Å². The van der Waals surface area contributed by atoms with Crippen LogP contribution >= 0.6 is 15.9 Å². The summed E-state index contributed by atoms with van der Waals surface area (Å²) in [4.78, 5) is 0. The molecule has 11 heavy (non-hydrogen) atoms. The van der Waals surface area contributed by atoms with Crippen LogP contribution in [0.25, 0.3) is 0 Å². The highest BCUT2D eigenvalue weighted by Gasteiger charge is 2.03. The molecule has 0 aliphatic heterocycles. The summed E-state index contributed by atoms with van der Waals surface area (Å²) >= 11 is 3.17. The van der Waals surface area contributed by atoms with Crippen molar-refractivity contribution in [2.45, 2.75) is 0 Å². The molecule has 0 atom stereocenters. The molecule has 0 saturated heterocycles. The number of nitrogens with zero attached hydrogens (tertiary/aromatic N) is 2. The van der Waals surface area contributed by atoms with Crippen LogP contribution in [-0.4, -0.2) is 0 Å². The summed E-state index contributed by atoms with van der Waals surface area (Å²) in [7, 11) is 0. The molecule has 0 spiro atoms. The maximum Gasteiger partial charge on any atom is 0.102 e. The highest BCUT2D eigenvalue weighted by atomic mass is 79.9. The lowest BCUT2D eigenvalue weighted by Gasteiger charge is -1.94. The van der Waals surface area contributed by atoms with Crippen LogP contribution < -0.4 is 0 Å². The van der Waals surface area contributed by atoms with E-state index in [9.17, 15) is 0 Å². The first kappa shape index (κ1) is 7.78. The van der Waals surface area contributed by atoms with Crippen molar-refractivity contribution in [1.82, 2.24) is 0 Å². The van der Waals surface area contributed by atoms with Gasteiger partial charge in [-0.1, -0.05) is 6.07 Å². The molecule has 0 aromatic heterocycles. The molecule has 52 valence electrons. The van der Waals surface area contributed by atoms with Crippen molar-refractivity contribution < 1.29 is 0 Å². The number of nitriles is 2. The molecule has 1 aromatic carbocycles. The second-order valence-electron chi connectivity index (χ2n) is 1.89. The Morgan fingerprint density at radius 1 is 1.18 bits per heavy atom. The van der Waals surface area contributed by atoms with Crippen LogP contribution in [-0.2, 0) is 0 Å². The first-order chi connectivity index (χ1) is 5.29. The molecule has 2 nitrogen and oxygen atoms in total. The first-order valence-corrected chi connectivity index (χ1v) is 3.67. The van der Waals surface area contributed by atoms with E-state index in [1.165, 1.54) is 0 Å². The lowest BCUT2D eigenvalue weighted by molar-refractivity contribution is 1.41. The summed E-state index contributed by atoms with van der Waals surface area (Å²) in [6.45, 7) is 0. The summed E-state index contributed by atoms with van der Waals surface area (Å²) in [5.41, 5.74) is 0.803. The van der Waals surface area contributed by atoms with Gasteiger partial charge in [-0.2, -0.15) is 10.5 Å². The van der Waals surface area contributed by atoms with Gasteiger partial charge >= 0.3 is 0 Å². The molecule has 0 aliphatic carbocycles. The minimum atomic E-state index is 0.398. The average Bonchev–Trinajstić information content (AvgIpc) is 2.04. The number of halogens is 1. The Kier molecular flexibility index (Phi) is 2.25. The molecule has 0 N–H and O–H groups in total. The second kappa shape index (κ2) is 3.18. The zero-order valence-electron chi connectivity index (χ0n) is 5.50. The van der Waals surface area contributed by atoms with Crippen molar-refractivity contribution in [2.75, 3.05) is 0 Å². The van der Waals surface area contributed by atoms with Crippen LogP contribution in [0, 0.1) is 22.7 Å². The predicted octanol–water partition coefficient (Wildman–Crippen LogP) is 2.19. The SMILES string of the molecule is N#Cc1cccc(Br)c1C#N. The average molecular weight is 207 g/mol. The maximum absolute atomic E-state index is 8.60. The molecule has 3 heteroatoms. The second-order valence-corrected chi connectivity index (χ2v) is 2.74. The Hall–Kier alpha value is -1.32. The van der Waals surface area contributed by atoms with Gasteiger partial charge in [-0.3, -0.25) is 0 Å². The molecule has 0 radical (unpaired) electrons. The van der Waals surface area contributed by atoms with Crippen molar-refractivity contribution in [3.05, 3.63) is 33.8 Å². The summed E-state index contributed by atoms with van der Waals surface area (Å²) in [6, 6.07) is 8.96. The number of benzene rings is 1. The van der Waals surface area contributed by atoms with Crippen molar-refractivity contribution in [3.63, 3.8) is 0 Å². The normalized spacial score (nSPS) is 8.27. The van der Waals surface area contributed by atoms with Crippen LogP contribution in [0.4, 0.5) is 0 Å². The standard InChI is InChI=1S/C8H3BrN2/c9-8-3-1-2-6(4-10)7(8)5-11/h1-3H. The maximum atomic E-state index is 8.60. The van der Waals surface area contributed by atoms with E-state index in [2.05, 4.69) is 15.9 Å². The van der Waals surface area contributed by atoms with Crippen LogP contribution in [0.3, 0.4) is 0 Å². The fraction of sp³-hybridized carbons (Fsp3) is 0. The van der Waals surface area contributed by atoms with Crippen molar-refractivity contribution >= 4 is 15.9 Å². The highest BCUT2D eigenvalue weighted by Crippen LogP contribution is 2.18. The molecule has 1 rings (SSSR count). The third kappa shape index (κ3) is 1.39. The molecule has 0 amide bonds. The Bertz CT molecular complexity index is 357. The third-order valence-electron chi connectivity index (χ3n) is 1.25. The van der Waals surface area contributed by atoms with Gasteiger partial charge in [0.15, 0.2) is 0 Å². The molecular formula is C8H3BrN2. The van der Waals surface area contributed by atoms with Gasteiger partial charge in [-0.05, 0) is 28.1 Å². The lowest BCUT2D eigenvalue weighted by Crippen LogP contribution is -1.83. The molecule has 0 unspecified atom stereocenters. The first-order valence-electron chi connectivity index (χ1n) is 2.88. The van der Waals surface area contributed by atoms with E-state index in [0.29, 0.717) is 15.6 Å². The highest BCUT2D eigenvalue weighted by molar-refractivity contribution is 9.10. The quantitative estimate of drug-likeness (QED) is 0.654. The van der Waals surface area contributed by atoms with Crippen LogP contribution in [0.15, 0.2) is 22.7 Å². The van der Waals surface area contributed by atoms with E-state index in [-0.39, 0.29) is 0 Å². The number of rotatable bonds is 0. The van der Waals surface area contributed by atoms with Crippen LogP contribution in [0.5, 0.6) is 0 Å². The summed E-state index contributed by atoms with van der Waals surface area (Å²) in [5.74, 6) is 0. The van der Waals surface area contributed by atoms with Crippen molar-refractivity contribution in [2.24, 2.45) is 0 Å². The molecule has 0 aliphatic rings. The summed E-state index contributed by atoms with van der Waals surface area (Å²) < 4.78 is 0.666. The van der Waals surface area contributed by atoms with E-state index in [1.54, 1.807) is 18.2 Å². The van der Waals surface area contributed by atoms with Crippen LogP contribution in [0.2, 0.25) is 0 Å². The fourth-order valence-electron chi connectivity index (χ4n) is 0.731. The molecule has 0 saturated carbocycles.